The van der Waals surface area contributed by atoms with E-state index >= 15 is 0 Å². The number of benzene rings is 1. The number of hydrogen-bond donors (Lipinski definition) is 1. The summed E-state index contributed by atoms with van der Waals surface area (Å²) >= 11 is 1.55. The fraction of sp³-hybridized carbons (Fsp3) is 0.455. The number of nitrogens with one attached hydrogen (secondary N) is 1. The van der Waals surface area contributed by atoms with Gasteiger partial charge in [0.1, 0.15) is 10.8 Å². The van der Waals surface area contributed by atoms with Gasteiger partial charge in [0.2, 0.25) is 5.91 Å². The summed E-state index contributed by atoms with van der Waals surface area (Å²) in [6.07, 6.45) is 4.03. The summed E-state index contributed by atoms with van der Waals surface area (Å²) in [5.41, 5.74) is 2.27. The normalized spacial score (nSPS) is 16.9. The Morgan fingerprint density at radius 3 is 2.72 bits per heavy atom. The van der Waals surface area contributed by atoms with Crippen LogP contribution in [0.15, 0.2) is 24.3 Å². The van der Waals surface area contributed by atoms with Crippen LogP contribution < -0.4 is 10.1 Å². The van der Waals surface area contributed by atoms with Gasteiger partial charge in [0.05, 0.1) is 38.0 Å². The number of rotatable bonds is 6. The molecule has 0 radical (unpaired) electrons. The molecule has 154 valence electrons. The van der Waals surface area contributed by atoms with E-state index in [1.54, 1.807) is 30.6 Å². The number of nitrogens with zero attached hydrogens (tertiary/aromatic N) is 1. The van der Waals surface area contributed by atoms with Gasteiger partial charge < -0.3 is 14.8 Å². The number of carbonyl (C=O) groups is 2. The first-order valence-corrected chi connectivity index (χ1v) is 10.9. The van der Waals surface area contributed by atoms with Gasteiger partial charge in [-0.05, 0) is 43.4 Å². The summed E-state index contributed by atoms with van der Waals surface area (Å²) in [4.78, 5) is 29.5. The van der Waals surface area contributed by atoms with Crippen LogP contribution in [0.5, 0.6) is 5.75 Å². The van der Waals surface area contributed by atoms with Crippen LogP contribution in [-0.2, 0) is 22.4 Å². The zero-order valence-corrected chi connectivity index (χ0v) is 17.5. The number of amides is 1. The lowest BCUT2D eigenvalue weighted by Crippen LogP contribution is -2.41. The minimum absolute atomic E-state index is 0.0801. The number of thiophene rings is 1. The zero-order chi connectivity index (χ0) is 20.2. The van der Waals surface area contributed by atoms with E-state index in [0.29, 0.717) is 41.6 Å². The van der Waals surface area contributed by atoms with Crippen molar-refractivity contribution in [2.45, 2.75) is 25.7 Å². The van der Waals surface area contributed by atoms with Crippen molar-refractivity contribution in [3.63, 3.8) is 0 Å². The van der Waals surface area contributed by atoms with Gasteiger partial charge in [-0.2, -0.15) is 0 Å². The summed E-state index contributed by atoms with van der Waals surface area (Å²) in [7, 11) is 1.57. The third-order valence-corrected chi connectivity index (χ3v) is 6.68. The second kappa shape index (κ2) is 9.07. The lowest BCUT2D eigenvalue weighted by molar-refractivity contribution is -0.118. The van der Waals surface area contributed by atoms with Gasteiger partial charge in [-0.1, -0.05) is 12.1 Å². The van der Waals surface area contributed by atoms with Crippen molar-refractivity contribution in [3.05, 3.63) is 45.8 Å². The molecular formula is C22H26N2O4S. The molecule has 1 aromatic carbocycles. The second-order valence-corrected chi connectivity index (χ2v) is 8.49. The SMILES string of the molecule is COc1ccccc1C(=O)c1c(NC(=O)CN2CCOCC2)sc2c1CCCC2. The first-order valence-electron chi connectivity index (χ1n) is 10.1. The van der Waals surface area contributed by atoms with Crippen molar-refractivity contribution in [2.75, 3.05) is 45.3 Å². The molecule has 6 nitrogen and oxygen atoms in total. The third-order valence-electron chi connectivity index (χ3n) is 5.47. The van der Waals surface area contributed by atoms with E-state index in [4.69, 9.17) is 9.47 Å². The summed E-state index contributed by atoms with van der Waals surface area (Å²) in [6.45, 7) is 3.12. The maximum absolute atomic E-state index is 13.5. The molecule has 0 bridgehead atoms. The third kappa shape index (κ3) is 4.37. The molecule has 2 heterocycles. The number of fused-ring (bicyclic) bond motifs is 1. The van der Waals surface area contributed by atoms with Gasteiger partial charge >= 0.3 is 0 Å². The van der Waals surface area contributed by atoms with Crippen molar-refractivity contribution in [3.8, 4) is 5.75 Å². The van der Waals surface area contributed by atoms with E-state index in [1.807, 2.05) is 12.1 Å². The predicted molar refractivity (Wildman–Crippen MR) is 113 cm³/mol. The smallest absolute Gasteiger partial charge is 0.239 e. The summed E-state index contributed by atoms with van der Waals surface area (Å²) < 4.78 is 10.8. The number of carbonyl (C=O) groups excluding carboxylic acids is 2. The Morgan fingerprint density at radius 2 is 1.93 bits per heavy atom. The molecule has 4 rings (SSSR count). The number of aryl methyl sites for hydroxylation is 1. The standard InChI is InChI=1S/C22H26N2O4S/c1-27-17-8-4-2-6-15(17)21(26)20-16-7-3-5-9-18(16)29-22(20)23-19(25)14-24-10-12-28-13-11-24/h2,4,6,8H,3,5,7,9-14H2,1H3,(H,23,25). The monoisotopic (exact) mass is 414 g/mol. The molecule has 1 aromatic heterocycles. The molecule has 29 heavy (non-hydrogen) atoms. The van der Waals surface area contributed by atoms with Crippen LogP contribution in [0.2, 0.25) is 0 Å². The molecule has 1 aliphatic heterocycles. The summed E-state index contributed by atoms with van der Waals surface area (Å²) in [5, 5.41) is 3.71. The Kier molecular flexibility index (Phi) is 6.28. The summed E-state index contributed by atoms with van der Waals surface area (Å²) in [5.74, 6) is 0.391. The van der Waals surface area contributed by atoms with E-state index in [2.05, 4.69) is 10.2 Å². The van der Waals surface area contributed by atoms with Gasteiger partial charge in [-0.25, -0.2) is 0 Å². The van der Waals surface area contributed by atoms with E-state index in [0.717, 1.165) is 44.3 Å². The zero-order valence-electron chi connectivity index (χ0n) is 16.7. The van der Waals surface area contributed by atoms with Gasteiger partial charge in [0, 0.05) is 18.0 Å². The highest BCUT2D eigenvalue weighted by Crippen LogP contribution is 2.40. The van der Waals surface area contributed by atoms with Gasteiger partial charge in [0.25, 0.3) is 0 Å². The number of morpholine rings is 1. The Labute approximate surface area is 174 Å². The molecule has 2 aliphatic rings. The largest absolute Gasteiger partial charge is 0.496 e. The van der Waals surface area contributed by atoms with E-state index in [1.165, 1.54) is 4.88 Å². The Hall–Kier alpha value is -2.22. The molecule has 0 spiro atoms. The average Bonchev–Trinajstić information content (AvgIpc) is 3.11. The second-order valence-electron chi connectivity index (χ2n) is 7.38. The fourth-order valence-electron chi connectivity index (χ4n) is 3.99. The molecule has 1 amide bonds. The topological polar surface area (TPSA) is 67.9 Å². The van der Waals surface area contributed by atoms with Crippen molar-refractivity contribution >= 4 is 28.0 Å². The maximum Gasteiger partial charge on any atom is 0.239 e. The molecule has 1 saturated heterocycles. The first-order chi connectivity index (χ1) is 14.2. The van der Waals surface area contributed by atoms with E-state index < -0.39 is 0 Å². The van der Waals surface area contributed by atoms with E-state index in [-0.39, 0.29) is 11.7 Å². The molecule has 0 saturated carbocycles. The molecule has 1 fully saturated rings. The lowest BCUT2D eigenvalue weighted by Gasteiger charge is -2.25. The molecule has 1 N–H and O–H groups in total. The van der Waals surface area contributed by atoms with Crippen LogP contribution in [0.1, 0.15) is 39.2 Å². The minimum atomic E-state index is -0.0837. The number of para-hydroxylation sites is 1. The minimum Gasteiger partial charge on any atom is -0.496 e. The Morgan fingerprint density at radius 1 is 1.17 bits per heavy atom. The van der Waals surface area contributed by atoms with Crippen molar-refractivity contribution in [2.24, 2.45) is 0 Å². The van der Waals surface area contributed by atoms with Crippen LogP contribution in [0.25, 0.3) is 0 Å². The molecule has 2 aromatic rings. The van der Waals surface area contributed by atoms with Crippen LogP contribution in [0, 0.1) is 0 Å². The highest BCUT2D eigenvalue weighted by Gasteiger charge is 2.28. The lowest BCUT2D eigenvalue weighted by atomic mass is 9.91. The highest BCUT2D eigenvalue weighted by atomic mass is 32.1. The maximum atomic E-state index is 13.5. The fourth-order valence-corrected chi connectivity index (χ4v) is 5.29. The quantitative estimate of drug-likeness (QED) is 0.736. The molecule has 0 unspecified atom stereocenters. The van der Waals surface area contributed by atoms with Crippen LogP contribution in [-0.4, -0.2) is 56.5 Å². The van der Waals surface area contributed by atoms with Gasteiger partial charge in [0.15, 0.2) is 5.78 Å². The number of ketones is 1. The Bertz CT molecular complexity index is 902. The first kappa shape index (κ1) is 20.1. The van der Waals surface area contributed by atoms with E-state index in [9.17, 15) is 9.59 Å². The number of anilines is 1. The average molecular weight is 415 g/mol. The summed E-state index contributed by atoms with van der Waals surface area (Å²) in [6, 6.07) is 7.27. The van der Waals surface area contributed by atoms with Gasteiger partial charge in [-0.15, -0.1) is 11.3 Å². The molecule has 1 aliphatic carbocycles. The number of ether oxygens (including phenoxy) is 2. The number of methoxy groups -OCH3 is 1. The predicted octanol–water partition coefficient (Wildman–Crippen LogP) is 3.14. The highest BCUT2D eigenvalue weighted by molar-refractivity contribution is 7.17. The van der Waals surface area contributed by atoms with Crippen molar-refractivity contribution in [1.29, 1.82) is 0 Å². The van der Waals surface area contributed by atoms with Crippen LogP contribution >= 0.6 is 11.3 Å². The molecular weight excluding hydrogens is 388 g/mol. The van der Waals surface area contributed by atoms with Gasteiger partial charge in [-0.3, -0.25) is 14.5 Å². The van der Waals surface area contributed by atoms with Crippen LogP contribution in [0.3, 0.4) is 0 Å². The van der Waals surface area contributed by atoms with Crippen molar-refractivity contribution in [1.82, 2.24) is 4.90 Å². The molecule has 7 heteroatoms. The van der Waals surface area contributed by atoms with Crippen molar-refractivity contribution < 1.29 is 19.1 Å². The molecule has 0 atom stereocenters. The number of hydrogen-bond acceptors (Lipinski definition) is 6. The van der Waals surface area contributed by atoms with Crippen LogP contribution in [0.4, 0.5) is 5.00 Å². The Balaban J connectivity index is 1.63.